The molecule has 0 bridgehead atoms. The third kappa shape index (κ3) is 1.88. The minimum absolute atomic E-state index is 0.0410. The Hall–Kier alpha value is -1.90. The number of benzene rings is 1. The Labute approximate surface area is 100 Å². The van der Waals surface area contributed by atoms with E-state index < -0.39 is 0 Å². The Bertz CT molecular complexity index is 506. The first-order valence-electron chi connectivity index (χ1n) is 6.02. The van der Waals surface area contributed by atoms with Gasteiger partial charge in [-0.15, -0.1) is 0 Å². The fourth-order valence-electron chi connectivity index (χ4n) is 2.37. The number of carbonyl (C=O) groups excluding carboxylic acids is 1. The van der Waals surface area contributed by atoms with Gasteiger partial charge in [0.05, 0.1) is 0 Å². The first-order chi connectivity index (χ1) is 8.34. The molecular weight excluding hydrogens is 212 g/mol. The van der Waals surface area contributed by atoms with Gasteiger partial charge in [0.25, 0.3) is 5.91 Å². The monoisotopic (exact) mass is 226 g/mol. The molecule has 1 heterocycles. The van der Waals surface area contributed by atoms with Crippen LogP contribution in [0.25, 0.3) is 0 Å². The van der Waals surface area contributed by atoms with E-state index in [1.165, 1.54) is 18.4 Å². The first-order valence-corrected chi connectivity index (χ1v) is 6.02. The van der Waals surface area contributed by atoms with Crippen molar-refractivity contribution in [2.75, 3.05) is 0 Å². The fourth-order valence-corrected chi connectivity index (χ4v) is 2.37. The van der Waals surface area contributed by atoms with Crippen LogP contribution in [-0.2, 0) is 4.79 Å². The zero-order chi connectivity index (χ0) is 11.7. The molecule has 2 aliphatic rings. The van der Waals surface area contributed by atoms with Crippen LogP contribution >= 0.6 is 0 Å². The minimum atomic E-state index is -0.0410. The molecule has 0 unspecified atom stereocenters. The molecule has 0 spiro atoms. The van der Waals surface area contributed by atoms with Crippen LogP contribution in [0.2, 0.25) is 0 Å². The summed E-state index contributed by atoms with van der Waals surface area (Å²) in [5.41, 5.74) is 2.84. The lowest BCUT2D eigenvalue weighted by Crippen LogP contribution is -2.24. The molecule has 0 atom stereocenters. The molecule has 1 aliphatic carbocycles. The van der Waals surface area contributed by atoms with Crippen LogP contribution in [0.3, 0.4) is 0 Å². The molecule has 3 nitrogen and oxygen atoms in total. The molecule has 86 valence electrons. The van der Waals surface area contributed by atoms with E-state index in [9.17, 15) is 4.79 Å². The van der Waals surface area contributed by atoms with E-state index in [4.69, 9.17) is 0 Å². The maximum Gasteiger partial charge on any atom is 0.275 e. The van der Waals surface area contributed by atoms with Gasteiger partial charge in [0.15, 0.2) is 0 Å². The van der Waals surface area contributed by atoms with Gasteiger partial charge < -0.3 is 5.32 Å². The number of nitrogens with one attached hydrogen (secondary N) is 1. The van der Waals surface area contributed by atoms with E-state index in [-0.39, 0.29) is 5.91 Å². The third-order valence-corrected chi connectivity index (χ3v) is 3.26. The largest absolute Gasteiger partial charge is 0.305 e. The molecule has 1 amide bonds. The SMILES string of the molecule is O=C1NC(c2ccccc2)=NC1=C1CCCC1. The molecule has 1 aromatic rings. The predicted molar refractivity (Wildman–Crippen MR) is 66.6 cm³/mol. The summed E-state index contributed by atoms with van der Waals surface area (Å²) < 4.78 is 0. The Kier molecular flexibility index (Phi) is 2.52. The molecule has 0 saturated heterocycles. The lowest BCUT2D eigenvalue weighted by Gasteiger charge is -1.98. The number of nitrogens with zero attached hydrogens (tertiary/aromatic N) is 1. The summed E-state index contributed by atoms with van der Waals surface area (Å²) >= 11 is 0. The molecule has 3 rings (SSSR count). The summed E-state index contributed by atoms with van der Waals surface area (Å²) in [7, 11) is 0. The molecule has 0 radical (unpaired) electrons. The number of rotatable bonds is 1. The summed E-state index contributed by atoms with van der Waals surface area (Å²) in [5.74, 6) is 0.644. The standard InChI is InChI=1S/C14H14N2O/c17-14-12(10-6-4-5-7-10)15-13(16-14)11-8-2-1-3-9-11/h1-3,8-9H,4-7H2,(H,15,16,17). The van der Waals surface area contributed by atoms with Gasteiger partial charge in [0, 0.05) is 5.56 Å². The van der Waals surface area contributed by atoms with Gasteiger partial charge in [-0.1, -0.05) is 30.3 Å². The van der Waals surface area contributed by atoms with Crippen LogP contribution in [0.15, 0.2) is 46.6 Å². The summed E-state index contributed by atoms with van der Waals surface area (Å²) in [4.78, 5) is 16.3. The molecule has 1 aliphatic heterocycles. The Morgan fingerprint density at radius 2 is 1.76 bits per heavy atom. The molecule has 1 saturated carbocycles. The van der Waals surface area contributed by atoms with Gasteiger partial charge in [0.2, 0.25) is 0 Å². The highest BCUT2D eigenvalue weighted by atomic mass is 16.2. The van der Waals surface area contributed by atoms with E-state index in [0.29, 0.717) is 11.5 Å². The van der Waals surface area contributed by atoms with Gasteiger partial charge in [0.1, 0.15) is 11.5 Å². The third-order valence-electron chi connectivity index (χ3n) is 3.26. The zero-order valence-electron chi connectivity index (χ0n) is 9.57. The Morgan fingerprint density at radius 3 is 2.47 bits per heavy atom. The molecule has 1 fully saturated rings. The zero-order valence-corrected chi connectivity index (χ0v) is 9.57. The van der Waals surface area contributed by atoms with Crippen molar-refractivity contribution in [2.24, 2.45) is 4.99 Å². The van der Waals surface area contributed by atoms with E-state index >= 15 is 0 Å². The second-order valence-electron chi connectivity index (χ2n) is 4.44. The van der Waals surface area contributed by atoms with Crippen molar-refractivity contribution in [3.05, 3.63) is 47.2 Å². The minimum Gasteiger partial charge on any atom is -0.305 e. The topological polar surface area (TPSA) is 41.5 Å². The average molecular weight is 226 g/mol. The molecule has 0 aromatic heterocycles. The molecule has 1 aromatic carbocycles. The van der Waals surface area contributed by atoms with Crippen molar-refractivity contribution >= 4 is 11.7 Å². The van der Waals surface area contributed by atoms with Gasteiger partial charge >= 0.3 is 0 Å². The van der Waals surface area contributed by atoms with Crippen molar-refractivity contribution in [3.63, 3.8) is 0 Å². The van der Waals surface area contributed by atoms with E-state index in [0.717, 1.165) is 18.4 Å². The van der Waals surface area contributed by atoms with Crippen molar-refractivity contribution in [1.82, 2.24) is 5.32 Å². The predicted octanol–water partition coefficient (Wildman–Crippen LogP) is 2.39. The molecular formula is C14H14N2O. The van der Waals surface area contributed by atoms with Crippen molar-refractivity contribution < 1.29 is 4.79 Å². The van der Waals surface area contributed by atoms with Crippen LogP contribution in [0.4, 0.5) is 0 Å². The number of carbonyl (C=O) groups is 1. The van der Waals surface area contributed by atoms with Crippen LogP contribution in [0.1, 0.15) is 31.2 Å². The molecule has 3 heteroatoms. The van der Waals surface area contributed by atoms with Gasteiger partial charge in [-0.05, 0) is 31.3 Å². The number of allylic oxidation sites excluding steroid dienone is 1. The van der Waals surface area contributed by atoms with Crippen LogP contribution < -0.4 is 5.32 Å². The summed E-state index contributed by atoms with van der Waals surface area (Å²) in [6, 6.07) is 9.77. The smallest absolute Gasteiger partial charge is 0.275 e. The molecule has 1 N–H and O–H groups in total. The Morgan fingerprint density at radius 1 is 1.06 bits per heavy atom. The highest BCUT2D eigenvalue weighted by Crippen LogP contribution is 2.29. The number of amides is 1. The van der Waals surface area contributed by atoms with Crippen molar-refractivity contribution in [1.29, 1.82) is 0 Å². The fraction of sp³-hybridized carbons (Fsp3) is 0.286. The summed E-state index contributed by atoms with van der Waals surface area (Å²) in [5, 5.41) is 2.85. The summed E-state index contributed by atoms with van der Waals surface area (Å²) in [6.45, 7) is 0. The lowest BCUT2D eigenvalue weighted by molar-refractivity contribution is -0.115. The normalized spacial score (nSPS) is 19.5. The van der Waals surface area contributed by atoms with E-state index in [1.54, 1.807) is 0 Å². The quantitative estimate of drug-likeness (QED) is 0.734. The second kappa shape index (κ2) is 4.17. The second-order valence-corrected chi connectivity index (χ2v) is 4.44. The van der Waals surface area contributed by atoms with E-state index in [1.807, 2.05) is 30.3 Å². The number of amidine groups is 1. The summed E-state index contributed by atoms with van der Waals surface area (Å²) in [6.07, 6.45) is 4.41. The molecule has 17 heavy (non-hydrogen) atoms. The van der Waals surface area contributed by atoms with Gasteiger partial charge in [-0.3, -0.25) is 4.79 Å². The van der Waals surface area contributed by atoms with Crippen LogP contribution in [0, 0.1) is 0 Å². The lowest BCUT2D eigenvalue weighted by atomic mass is 10.2. The van der Waals surface area contributed by atoms with Gasteiger partial charge in [-0.2, -0.15) is 0 Å². The van der Waals surface area contributed by atoms with Crippen LogP contribution in [-0.4, -0.2) is 11.7 Å². The Balaban J connectivity index is 1.97. The maximum absolute atomic E-state index is 11.9. The van der Waals surface area contributed by atoms with Gasteiger partial charge in [-0.25, -0.2) is 4.99 Å². The highest BCUT2D eigenvalue weighted by Gasteiger charge is 2.25. The van der Waals surface area contributed by atoms with E-state index in [2.05, 4.69) is 10.3 Å². The first kappa shape index (κ1) is 10.3. The van der Waals surface area contributed by atoms with Crippen molar-refractivity contribution in [3.8, 4) is 0 Å². The van der Waals surface area contributed by atoms with Crippen LogP contribution in [0.5, 0.6) is 0 Å². The maximum atomic E-state index is 11.9. The highest BCUT2D eigenvalue weighted by molar-refractivity contribution is 6.18. The van der Waals surface area contributed by atoms with Crippen molar-refractivity contribution in [2.45, 2.75) is 25.7 Å². The number of hydrogen-bond donors (Lipinski definition) is 1. The number of hydrogen-bond acceptors (Lipinski definition) is 2. The average Bonchev–Trinajstić information content (AvgIpc) is 2.99. The number of aliphatic imine (C=N–C) groups is 1.